The van der Waals surface area contributed by atoms with E-state index in [4.69, 9.17) is 14.2 Å². The van der Waals surface area contributed by atoms with Gasteiger partial charge in [0.1, 0.15) is 24.6 Å². The van der Waals surface area contributed by atoms with Gasteiger partial charge >= 0.3 is 0 Å². The minimum Gasteiger partial charge on any atom is -0.488 e. The molecule has 1 aliphatic carbocycles. The molecule has 2 aromatic heterocycles. The summed E-state index contributed by atoms with van der Waals surface area (Å²) in [6.07, 6.45) is 5.72. The zero-order valence-electron chi connectivity index (χ0n) is 21.2. The Morgan fingerprint density at radius 1 is 1.21 bits per heavy atom. The fourth-order valence-corrected chi connectivity index (χ4v) is 4.52. The molecule has 1 aliphatic heterocycles. The summed E-state index contributed by atoms with van der Waals surface area (Å²) in [4.78, 5) is 21.4. The first-order chi connectivity index (χ1) is 18.4. The fraction of sp³-hybridized carbons (Fsp3) is 0.429. The molecule has 0 bridgehead atoms. The van der Waals surface area contributed by atoms with Gasteiger partial charge in [0.2, 0.25) is 5.43 Å². The molecule has 3 aromatic rings. The number of aromatic nitrogens is 4. The van der Waals surface area contributed by atoms with Gasteiger partial charge in [0, 0.05) is 29.9 Å². The normalized spacial score (nSPS) is 23.9. The van der Waals surface area contributed by atoms with Gasteiger partial charge in [-0.15, -0.1) is 0 Å². The van der Waals surface area contributed by atoms with Crippen molar-refractivity contribution in [3.63, 3.8) is 0 Å². The molecule has 2 aliphatic rings. The minimum absolute atomic E-state index is 0.114. The molecular formula is C28H30F2N4O4. The minimum atomic E-state index is -2.08. The first-order valence-corrected chi connectivity index (χ1v) is 12.7. The predicted molar refractivity (Wildman–Crippen MR) is 137 cm³/mol. The van der Waals surface area contributed by atoms with E-state index in [0.29, 0.717) is 62.2 Å². The topological polar surface area (TPSA) is 88.4 Å². The first kappa shape index (κ1) is 26.1. The van der Waals surface area contributed by atoms with Gasteiger partial charge in [0.25, 0.3) is 0 Å². The summed E-state index contributed by atoms with van der Waals surface area (Å²) in [5.41, 5.74) is 0.177. The van der Waals surface area contributed by atoms with Gasteiger partial charge < -0.3 is 14.2 Å². The summed E-state index contributed by atoms with van der Waals surface area (Å²) < 4.78 is 47.0. The quantitative estimate of drug-likeness (QED) is 0.458. The zero-order valence-corrected chi connectivity index (χ0v) is 21.2. The Labute approximate surface area is 219 Å². The molecule has 3 heterocycles. The van der Waals surface area contributed by atoms with Gasteiger partial charge in [-0.25, -0.2) is 23.4 Å². The fourth-order valence-electron chi connectivity index (χ4n) is 4.52. The standard InChI is InChI=1S/C28H30F2N4O4/c1-28(30)14-21(6-3-7-26(28)29)34-9-8-25(35)24(33-34)13-19-4-2-5-20(12-19)27-31-15-22(16-32-27)38-18-23-17-36-10-11-37-23/h2,4-5,8-9,12,14-16,23,26H,3,6-7,10-11,13,17-18H2,1H3. The van der Waals surface area contributed by atoms with Gasteiger partial charge in [0.15, 0.2) is 17.2 Å². The van der Waals surface area contributed by atoms with Crippen LogP contribution in [0.25, 0.3) is 17.1 Å². The summed E-state index contributed by atoms with van der Waals surface area (Å²) in [5.74, 6) is 1.05. The number of allylic oxidation sites excluding steroid dienone is 2. The second-order valence-electron chi connectivity index (χ2n) is 9.72. The van der Waals surface area contributed by atoms with E-state index < -0.39 is 11.8 Å². The predicted octanol–water partition coefficient (Wildman–Crippen LogP) is 4.18. The Bertz CT molecular complexity index is 1340. The van der Waals surface area contributed by atoms with Crippen molar-refractivity contribution >= 4 is 5.70 Å². The van der Waals surface area contributed by atoms with Crippen molar-refractivity contribution in [1.82, 2.24) is 19.7 Å². The van der Waals surface area contributed by atoms with Crippen LogP contribution in [0.15, 0.2) is 59.8 Å². The Balaban J connectivity index is 1.30. The van der Waals surface area contributed by atoms with Crippen LogP contribution in [-0.4, -0.2) is 64.1 Å². The van der Waals surface area contributed by atoms with E-state index >= 15 is 0 Å². The number of nitrogens with zero attached hydrogens (tertiary/aromatic N) is 4. The number of benzene rings is 1. The van der Waals surface area contributed by atoms with E-state index in [0.717, 1.165) is 11.1 Å². The highest BCUT2D eigenvalue weighted by Crippen LogP contribution is 2.32. The number of hydrogen-bond donors (Lipinski definition) is 0. The highest BCUT2D eigenvalue weighted by molar-refractivity contribution is 5.56. The summed E-state index contributed by atoms with van der Waals surface area (Å²) in [7, 11) is 0. The molecule has 200 valence electrons. The first-order valence-electron chi connectivity index (χ1n) is 12.7. The molecule has 38 heavy (non-hydrogen) atoms. The second kappa shape index (κ2) is 11.5. The third-order valence-electron chi connectivity index (χ3n) is 6.63. The molecule has 0 N–H and O–H groups in total. The molecule has 0 amide bonds. The molecule has 1 fully saturated rings. The monoisotopic (exact) mass is 524 g/mol. The van der Waals surface area contributed by atoms with Crippen LogP contribution in [0.4, 0.5) is 8.78 Å². The molecule has 1 aromatic carbocycles. The maximum absolute atomic E-state index is 14.8. The van der Waals surface area contributed by atoms with E-state index in [1.807, 2.05) is 24.3 Å². The van der Waals surface area contributed by atoms with Gasteiger partial charge in [-0.1, -0.05) is 18.2 Å². The Kier molecular flexibility index (Phi) is 7.90. The van der Waals surface area contributed by atoms with Gasteiger partial charge in [0.05, 0.1) is 32.2 Å². The van der Waals surface area contributed by atoms with Gasteiger partial charge in [-0.3, -0.25) is 4.79 Å². The van der Waals surface area contributed by atoms with Gasteiger partial charge in [-0.05, 0) is 43.9 Å². The third-order valence-corrected chi connectivity index (χ3v) is 6.63. The maximum atomic E-state index is 14.8. The number of alkyl halides is 2. The maximum Gasteiger partial charge on any atom is 0.203 e. The third kappa shape index (κ3) is 6.31. The summed E-state index contributed by atoms with van der Waals surface area (Å²) >= 11 is 0. The van der Waals surface area contributed by atoms with E-state index in [1.54, 1.807) is 12.4 Å². The molecule has 10 heteroatoms. The van der Waals surface area contributed by atoms with Crippen molar-refractivity contribution in [3.05, 3.63) is 76.5 Å². The largest absolute Gasteiger partial charge is 0.488 e. The summed E-state index contributed by atoms with van der Waals surface area (Å²) in [6.45, 7) is 3.24. The molecule has 1 saturated heterocycles. The van der Waals surface area contributed by atoms with Gasteiger partial charge in [-0.2, -0.15) is 5.10 Å². The van der Waals surface area contributed by atoms with E-state index in [2.05, 4.69) is 15.1 Å². The average Bonchev–Trinajstić information content (AvgIpc) is 3.07. The highest BCUT2D eigenvalue weighted by atomic mass is 19.2. The van der Waals surface area contributed by atoms with Crippen molar-refractivity contribution in [1.29, 1.82) is 0 Å². The Morgan fingerprint density at radius 2 is 2.05 bits per heavy atom. The lowest BCUT2D eigenvalue weighted by Gasteiger charge is -2.22. The van der Waals surface area contributed by atoms with Crippen molar-refractivity contribution < 1.29 is 23.0 Å². The number of hydrogen-bond acceptors (Lipinski definition) is 7. The molecule has 0 saturated carbocycles. The molecule has 3 atom stereocenters. The molecule has 3 unspecified atom stereocenters. The van der Waals surface area contributed by atoms with E-state index in [9.17, 15) is 13.6 Å². The van der Waals surface area contributed by atoms with Crippen LogP contribution >= 0.6 is 0 Å². The van der Waals surface area contributed by atoms with Crippen LogP contribution in [0.3, 0.4) is 0 Å². The lowest BCUT2D eigenvalue weighted by Crippen LogP contribution is -2.33. The van der Waals surface area contributed by atoms with Crippen LogP contribution in [0.2, 0.25) is 0 Å². The molecule has 8 nitrogen and oxygen atoms in total. The van der Waals surface area contributed by atoms with Crippen molar-refractivity contribution in [2.24, 2.45) is 0 Å². The molecule has 5 rings (SSSR count). The van der Waals surface area contributed by atoms with E-state index in [-0.39, 0.29) is 24.4 Å². The summed E-state index contributed by atoms with van der Waals surface area (Å²) in [6, 6.07) is 8.95. The summed E-state index contributed by atoms with van der Waals surface area (Å²) in [5, 5.41) is 4.48. The average molecular weight is 525 g/mol. The van der Waals surface area contributed by atoms with Crippen molar-refractivity contribution in [2.45, 2.75) is 50.6 Å². The Morgan fingerprint density at radius 3 is 2.84 bits per heavy atom. The lowest BCUT2D eigenvalue weighted by atomic mass is 10.0. The molecule has 0 spiro atoms. The van der Waals surface area contributed by atoms with E-state index in [1.165, 1.54) is 29.9 Å². The van der Waals surface area contributed by atoms with Crippen LogP contribution in [0, 0.1) is 0 Å². The smallest absolute Gasteiger partial charge is 0.203 e. The van der Waals surface area contributed by atoms with Crippen LogP contribution < -0.4 is 10.2 Å². The van der Waals surface area contributed by atoms with Crippen molar-refractivity contribution in [2.75, 3.05) is 26.4 Å². The Hall–Kier alpha value is -3.50. The highest BCUT2D eigenvalue weighted by Gasteiger charge is 2.35. The SMILES string of the molecule is CC1(F)C=C(n2ccc(=O)c(Cc3cccc(-c4ncc(OCC5COCCO5)cn4)c3)n2)CCCC1F. The number of halogens is 2. The van der Waals surface area contributed by atoms with Crippen LogP contribution in [-0.2, 0) is 15.9 Å². The number of ether oxygens (including phenoxy) is 3. The molecular weight excluding hydrogens is 494 g/mol. The van der Waals surface area contributed by atoms with Crippen molar-refractivity contribution in [3.8, 4) is 17.1 Å². The second-order valence-corrected chi connectivity index (χ2v) is 9.72. The lowest BCUT2D eigenvalue weighted by molar-refractivity contribution is -0.101. The van der Waals surface area contributed by atoms with Crippen LogP contribution in [0.5, 0.6) is 5.75 Å². The van der Waals surface area contributed by atoms with Crippen LogP contribution in [0.1, 0.15) is 37.4 Å². The molecule has 0 radical (unpaired) electrons. The number of rotatable bonds is 7. The zero-order chi connectivity index (χ0) is 26.5.